The quantitative estimate of drug-likeness (QED) is 0.591. The molecule has 33 heavy (non-hydrogen) atoms. The third-order valence-electron chi connectivity index (χ3n) is 5.00. The summed E-state index contributed by atoms with van der Waals surface area (Å²) in [4.78, 5) is 20.7. The fraction of sp³-hybridized carbons (Fsp3) is 0.261. The highest BCUT2D eigenvalue weighted by atomic mass is 32.2. The highest BCUT2D eigenvalue weighted by Crippen LogP contribution is 2.23. The van der Waals surface area contributed by atoms with Crippen molar-refractivity contribution < 1.29 is 22.7 Å². The summed E-state index contributed by atoms with van der Waals surface area (Å²) in [5.41, 5.74) is 0.907. The predicted octanol–water partition coefficient (Wildman–Crippen LogP) is 3.32. The molecule has 0 radical (unpaired) electrons. The first kappa shape index (κ1) is 22.8. The number of nitrogens with one attached hydrogen (secondary N) is 1. The summed E-state index contributed by atoms with van der Waals surface area (Å²) >= 11 is 0. The van der Waals surface area contributed by atoms with Crippen molar-refractivity contribution in [1.82, 2.24) is 14.3 Å². The molecule has 0 aliphatic carbocycles. The molecule has 1 aromatic heterocycles. The van der Waals surface area contributed by atoms with Gasteiger partial charge in [0.15, 0.2) is 0 Å². The van der Waals surface area contributed by atoms with Gasteiger partial charge in [-0.05, 0) is 68.4 Å². The SMILES string of the molecule is CC1CN(S(=O)(=O)c2ccc(C(=O)Nc3ccc(Oc4ncccn4)cc3)cc2)CC(C)O1. The summed E-state index contributed by atoms with van der Waals surface area (Å²) in [6, 6.07) is 14.6. The maximum Gasteiger partial charge on any atom is 0.321 e. The molecular formula is C23H24N4O5S. The van der Waals surface area contributed by atoms with Crippen LogP contribution in [0.15, 0.2) is 71.9 Å². The van der Waals surface area contributed by atoms with Crippen molar-refractivity contribution in [3.05, 3.63) is 72.6 Å². The lowest BCUT2D eigenvalue weighted by atomic mass is 10.2. The van der Waals surface area contributed by atoms with Gasteiger partial charge in [0.1, 0.15) is 5.75 Å². The number of benzene rings is 2. The van der Waals surface area contributed by atoms with Gasteiger partial charge in [0.25, 0.3) is 5.91 Å². The van der Waals surface area contributed by atoms with Crippen LogP contribution < -0.4 is 10.1 Å². The molecule has 1 N–H and O–H groups in total. The molecule has 1 amide bonds. The van der Waals surface area contributed by atoms with E-state index in [2.05, 4.69) is 15.3 Å². The highest BCUT2D eigenvalue weighted by molar-refractivity contribution is 7.89. The molecule has 172 valence electrons. The van der Waals surface area contributed by atoms with Crippen molar-refractivity contribution in [3.63, 3.8) is 0 Å². The number of nitrogens with zero attached hydrogens (tertiary/aromatic N) is 3. The Morgan fingerprint density at radius 1 is 1.00 bits per heavy atom. The number of hydrogen-bond donors (Lipinski definition) is 1. The van der Waals surface area contributed by atoms with Gasteiger partial charge in [0.2, 0.25) is 10.0 Å². The van der Waals surface area contributed by atoms with E-state index in [4.69, 9.17) is 9.47 Å². The van der Waals surface area contributed by atoms with Crippen molar-refractivity contribution in [2.75, 3.05) is 18.4 Å². The number of aromatic nitrogens is 2. The smallest absolute Gasteiger partial charge is 0.321 e. The highest BCUT2D eigenvalue weighted by Gasteiger charge is 2.32. The van der Waals surface area contributed by atoms with E-state index in [0.717, 1.165) is 0 Å². The first-order chi connectivity index (χ1) is 15.8. The number of morpholine rings is 1. The average Bonchev–Trinajstić information content (AvgIpc) is 2.80. The average molecular weight is 469 g/mol. The molecule has 3 aromatic rings. The first-order valence-electron chi connectivity index (χ1n) is 10.4. The molecular weight excluding hydrogens is 444 g/mol. The van der Waals surface area contributed by atoms with Gasteiger partial charge in [-0.1, -0.05) is 0 Å². The van der Waals surface area contributed by atoms with Crippen LogP contribution >= 0.6 is 0 Å². The second-order valence-corrected chi connectivity index (χ2v) is 9.65. The molecule has 1 aliphatic heterocycles. The molecule has 2 atom stereocenters. The van der Waals surface area contributed by atoms with E-state index < -0.39 is 10.0 Å². The van der Waals surface area contributed by atoms with E-state index in [9.17, 15) is 13.2 Å². The van der Waals surface area contributed by atoms with Crippen molar-refractivity contribution in [1.29, 1.82) is 0 Å². The number of anilines is 1. The molecule has 10 heteroatoms. The van der Waals surface area contributed by atoms with Gasteiger partial charge >= 0.3 is 6.01 Å². The number of carbonyl (C=O) groups excluding carboxylic acids is 1. The molecule has 1 saturated heterocycles. The zero-order valence-corrected chi connectivity index (χ0v) is 19.0. The zero-order valence-electron chi connectivity index (χ0n) is 18.2. The van der Waals surface area contributed by atoms with Gasteiger partial charge in [0, 0.05) is 36.7 Å². The molecule has 0 spiro atoms. The van der Waals surface area contributed by atoms with Gasteiger partial charge in [-0.25, -0.2) is 18.4 Å². The molecule has 2 heterocycles. The van der Waals surface area contributed by atoms with Gasteiger partial charge < -0.3 is 14.8 Å². The van der Waals surface area contributed by atoms with E-state index >= 15 is 0 Å². The molecule has 4 rings (SSSR count). The number of sulfonamides is 1. The summed E-state index contributed by atoms with van der Waals surface area (Å²) in [6.07, 6.45) is 2.81. The van der Waals surface area contributed by atoms with E-state index in [1.54, 1.807) is 42.7 Å². The van der Waals surface area contributed by atoms with E-state index in [1.165, 1.54) is 28.6 Å². The third kappa shape index (κ3) is 5.54. The van der Waals surface area contributed by atoms with Crippen molar-refractivity contribution in [3.8, 4) is 11.8 Å². The van der Waals surface area contributed by atoms with Crippen LogP contribution in [0.25, 0.3) is 0 Å². The fourth-order valence-corrected chi connectivity index (χ4v) is 5.10. The third-order valence-corrected chi connectivity index (χ3v) is 6.85. The first-order valence-corrected chi connectivity index (χ1v) is 11.9. The Bertz CT molecular complexity index is 1190. The van der Waals surface area contributed by atoms with Crippen molar-refractivity contribution in [2.24, 2.45) is 0 Å². The molecule has 2 aromatic carbocycles. The normalized spacial score (nSPS) is 19.1. The summed E-state index contributed by atoms with van der Waals surface area (Å²) in [6.45, 7) is 4.29. The number of carbonyl (C=O) groups is 1. The topological polar surface area (TPSA) is 111 Å². The summed E-state index contributed by atoms with van der Waals surface area (Å²) in [5, 5.41) is 2.78. The number of amides is 1. The van der Waals surface area contributed by atoms with E-state index in [1.807, 2.05) is 13.8 Å². The Labute approximate surface area is 192 Å². The largest absolute Gasteiger partial charge is 0.424 e. The lowest BCUT2D eigenvalue weighted by Gasteiger charge is -2.34. The molecule has 0 saturated carbocycles. The standard InChI is InChI=1S/C23H24N4O5S/c1-16-14-27(15-17(2)31-16)33(29,30)21-10-4-18(5-11-21)22(28)26-19-6-8-20(9-7-19)32-23-24-12-3-13-25-23/h3-13,16-17H,14-15H2,1-2H3,(H,26,28). The van der Waals surface area contributed by atoms with Gasteiger partial charge in [-0.15, -0.1) is 0 Å². The van der Waals surface area contributed by atoms with Crippen LogP contribution in [0.4, 0.5) is 5.69 Å². The number of ether oxygens (including phenoxy) is 2. The van der Waals surface area contributed by atoms with E-state index in [-0.39, 0.29) is 29.0 Å². The maximum absolute atomic E-state index is 13.0. The van der Waals surface area contributed by atoms with Crippen molar-refractivity contribution >= 4 is 21.6 Å². The number of hydrogen-bond acceptors (Lipinski definition) is 7. The van der Waals surface area contributed by atoms with Crippen LogP contribution in [0.3, 0.4) is 0 Å². The van der Waals surface area contributed by atoms with Crippen LogP contribution in [-0.2, 0) is 14.8 Å². The second kappa shape index (κ2) is 9.65. The second-order valence-electron chi connectivity index (χ2n) is 7.72. The molecule has 1 aliphatic rings. The van der Waals surface area contributed by atoms with Crippen molar-refractivity contribution in [2.45, 2.75) is 31.0 Å². The molecule has 0 bridgehead atoms. The van der Waals surface area contributed by atoms with Gasteiger partial charge in [-0.3, -0.25) is 4.79 Å². The molecule has 1 fully saturated rings. The van der Waals surface area contributed by atoms with Gasteiger partial charge in [0.05, 0.1) is 17.1 Å². The van der Waals surface area contributed by atoms with Gasteiger partial charge in [-0.2, -0.15) is 4.31 Å². The number of rotatable bonds is 6. The Morgan fingerprint density at radius 2 is 1.61 bits per heavy atom. The fourth-order valence-electron chi connectivity index (χ4n) is 3.51. The Morgan fingerprint density at radius 3 is 2.21 bits per heavy atom. The van der Waals surface area contributed by atoms with Crippen LogP contribution in [-0.4, -0.2) is 53.9 Å². The Balaban J connectivity index is 1.40. The summed E-state index contributed by atoms with van der Waals surface area (Å²) in [5.74, 6) is 0.174. The Kier molecular flexibility index (Phi) is 6.68. The lowest BCUT2D eigenvalue weighted by Crippen LogP contribution is -2.48. The Hall–Kier alpha value is -3.34. The molecule has 2 unspecified atom stereocenters. The molecule has 9 nitrogen and oxygen atoms in total. The lowest BCUT2D eigenvalue weighted by molar-refractivity contribution is -0.0440. The maximum atomic E-state index is 13.0. The summed E-state index contributed by atoms with van der Waals surface area (Å²) in [7, 11) is -3.66. The predicted molar refractivity (Wildman–Crippen MR) is 122 cm³/mol. The van der Waals surface area contributed by atoms with Crippen LogP contribution in [0.5, 0.6) is 11.8 Å². The summed E-state index contributed by atoms with van der Waals surface area (Å²) < 4.78 is 38.5. The minimum absolute atomic E-state index is 0.144. The monoisotopic (exact) mass is 468 g/mol. The minimum atomic E-state index is -3.66. The van der Waals surface area contributed by atoms with Crippen LogP contribution in [0.2, 0.25) is 0 Å². The minimum Gasteiger partial charge on any atom is -0.424 e. The van der Waals surface area contributed by atoms with Crippen LogP contribution in [0.1, 0.15) is 24.2 Å². The zero-order chi connectivity index (χ0) is 23.4. The van der Waals surface area contributed by atoms with E-state index in [0.29, 0.717) is 30.1 Å². The van der Waals surface area contributed by atoms with Crippen LogP contribution in [0, 0.1) is 0 Å².